The van der Waals surface area contributed by atoms with Crippen molar-refractivity contribution >= 4 is 28.9 Å². The van der Waals surface area contributed by atoms with Crippen molar-refractivity contribution in [3.63, 3.8) is 0 Å². The minimum absolute atomic E-state index is 0.203. The second kappa shape index (κ2) is 11.6. The summed E-state index contributed by atoms with van der Waals surface area (Å²) in [5.74, 6) is 0.363. The fourth-order valence-corrected chi connectivity index (χ4v) is 4.95. The molecule has 1 amide bonds. The minimum atomic E-state index is -0.618. The van der Waals surface area contributed by atoms with Crippen molar-refractivity contribution in [3.8, 4) is 0 Å². The molecule has 10 heteroatoms. The monoisotopic (exact) mass is 517 g/mol. The molecule has 1 saturated carbocycles. The first-order valence-corrected chi connectivity index (χ1v) is 12.9. The lowest BCUT2D eigenvalue weighted by Crippen LogP contribution is -2.49. The van der Waals surface area contributed by atoms with E-state index in [-0.39, 0.29) is 23.3 Å². The van der Waals surface area contributed by atoms with Crippen LogP contribution in [0, 0.1) is 11.2 Å². The standard InChI is InChI=1S/C28H32FN7O2/c29-20-9-11-22(12-10-20)36-13-14-38-23(16-36)28(37)32-15-18-5-7-19(8-6-18)25(30)24-26(31)33-17-34-27(24)35-21-3-1-2-4-21/h5-12,17,21,23,30H,1-4,13-16H2,(H,32,37)(H3,31,33,34,35). The van der Waals surface area contributed by atoms with Gasteiger partial charge < -0.3 is 26.0 Å². The van der Waals surface area contributed by atoms with Crippen LogP contribution in [0.1, 0.15) is 42.4 Å². The van der Waals surface area contributed by atoms with Gasteiger partial charge in [-0.15, -0.1) is 0 Å². The molecular weight excluding hydrogens is 485 g/mol. The molecule has 2 aromatic carbocycles. The molecule has 1 saturated heterocycles. The van der Waals surface area contributed by atoms with Gasteiger partial charge in [0.1, 0.15) is 23.8 Å². The molecule has 0 spiro atoms. The minimum Gasteiger partial charge on any atom is -0.383 e. The van der Waals surface area contributed by atoms with E-state index in [0.29, 0.717) is 49.2 Å². The normalized spacial score (nSPS) is 17.8. The van der Waals surface area contributed by atoms with E-state index in [0.717, 1.165) is 24.1 Å². The van der Waals surface area contributed by atoms with Gasteiger partial charge in [0.2, 0.25) is 0 Å². The lowest BCUT2D eigenvalue weighted by atomic mass is 10.0. The molecule has 1 aliphatic carbocycles. The zero-order valence-electron chi connectivity index (χ0n) is 21.1. The number of hydrogen-bond acceptors (Lipinski definition) is 8. The highest BCUT2D eigenvalue weighted by Crippen LogP contribution is 2.27. The van der Waals surface area contributed by atoms with Crippen LogP contribution in [-0.2, 0) is 16.1 Å². The van der Waals surface area contributed by atoms with Gasteiger partial charge >= 0.3 is 0 Å². The molecule has 9 nitrogen and oxygen atoms in total. The van der Waals surface area contributed by atoms with Crippen LogP contribution in [0.15, 0.2) is 54.9 Å². The first kappa shape index (κ1) is 25.6. The smallest absolute Gasteiger partial charge is 0.251 e. The maximum absolute atomic E-state index is 13.3. The van der Waals surface area contributed by atoms with E-state index in [4.69, 9.17) is 15.9 Å². The van der Waals surface area contributed by atoms with Crippen molar-refractivity contribution < 1.29 is 13.9 Å². The molecule has 3 aromatic rings. The van der Waals surface area contributed by atoms with Crippen LogP contribution in [-0.4, -0.2) is 53.4 Å². The number of rotatable bonds is 8. The molecule has 0 radical (unpaired) electrons. The Morgan fingerprint density at radius 1 is 1.11 bits per heavy atom. The number of aromatic nitrogens is 2. The number of benzene rings is 2. The highest BCUT2D eigenvalue weighted by Gasteiger charge is 2.27. The zero-order chi connectivity index (χ0) is 26.5. The first-order chi connectivity index (χ1) is 18.5. The second-order valence-electron chi connectivity index (χ2n) is 9.68. The summed E-state index contributed by atoms with van der Waals surface area (Å²) < 4.78 is 18.9. The Kier molecular flexibility index (Phi) is 7.78. The Morgan fingerprint density at radius 3 is 2.58 bits per heavy atom. The number of nitrogen functional groups attached to an aromatic ring is 1. The third-order valence-electron chi connectivity index (χ3n) is 7.08. The first-order valence-electron chi connectivity index (χ1n) is 12.9. The van der Waals surface area contributed by atoms with E-state index in [2.05, 4.69) is 20.6 Å². The lowest BCUT2D eigenvalue weighted by molar-refractivity contribution is -0.133. The van der Waals surface area contributed by atoms with E-state index in [1.54, 1.807) is 12.1 Å². The van der Waals surface area contributed by atoms with E-state index < -0.39 is 6.10 Å². The van der Waals surface area contributed by atoms with Crippen molar-refractivity contribution in [1.29, 1.82) is 5.41 Å². The third kappa shape index (κ3) is 5.91. The number of amides is 1. The van der Waals surface area contributed by atoms with Crippen LogP contribution in [0.2, 0.25) is 0 Å². The predicted molar refractivity (Wildman–Crippen MR) is 145 cm³/mol. The lowest BCUT2D eigenvalue weighted by Gasteiger charge is -2.33. The van der Waals surface area contributed by atoms with Crippen molar-refractivity contribution in [3.05, 3.63) is 77.4 Å². The fraction of sp³-hybridized carbons (Fsp3) is 0.357. The van der Waals surface area contributed by atoms with Crippen molar-refractivity contribution in [2.24, 2.45) is 0 Å². The SMILES string of the molecule is N=C(c1ccc(CNC(=O)C2CN(c3ccc(F)cc3)CCO2)cc1)c1c(N)ncnc1NC1CCCC1. The van der Waals surface area contributed by atoms with Gasteiger partial charge in [-0.05, 0) is 42.7 Å². The Hall–Kier alpha value is -4.05. The predicted octanol–water partition coefficient (Wildman–Crippen LogP) is 3.49. The van der Waals surface area contributed by atoms with Gasteiger partial charge in [0.05, 0.1) is 24.4 Å². The van der Waals surface area contributed by atoms with E-state index in [9.17, 15) is 9.18 Å². The maximum Gasteiger partial charge on any atom is 0.251 e. The Bertz CT molecular complexity index is 1280. The number of anilines is 3. The number of nitrogens with one attached hydrogen (secondary N) is 3. The van der Waals surface area contributed by atoms with Gasteiger partial charge in [-0.2, -0.15) is 0 Å². The molecule has 2 aliphatic rings. The number of halogens is 1. The van der Waals surface area contributed by atoms with Crippen LogP contribution >= 0.6 is 0 Å². The van der Waals surface area contributed by atoms with E-state index in [1.165, 1.54) is 31.3 Å². The number of morpholine rings is 1. The Balaban J connectivity index is 1.19. The van der Waals surface area contributed by atoms with E-state index in [1.807, 2.05) is 29.2 Å². The number of nitrogens with zero attached hydrogens (tertiary/aromatic N) is 3. The maximum atomic E-state index is 13.3. The molecule has 38 heavy (non-hydrogen) atoms. The molecule has 1 aromatic heterocycles. The number of nitrogens with two attached hydrogens (primary N) is 1. The molecule has 2 heterocycles. The number of ether oxygens (including phenoxy) is 1. The summed E-state index contributed by atoms with van der Waals surface area (Å²) in [6, 6.07) is 14.0. The molecule has 1 atom stereocenters. The summed E-state index contributed by atoms with van der Waals surface area (Å²) in [5, 5.41) is 15.2. The number of carbonyl (C=O) groups excluding carboxylic acids is 1. The summed E-state index contributed by atoms with van der Waals surface area (Å²) >= 11 is 0. The van der Waals surface area contributed by atoms with Crippen molar-refractivity contribution in [1.82, 2.24) is 15.3 Å². The van der Waals surface area contributed by atoms with E-state index >= 15 is 0 Å². The molecular formula is C28H32FN7O2. The zero-order valence-corrected chi connectivity index (χ0v) is 21.1. The third-order valence-corrected chi connectivity index (χ3v) is 7.08. The largest absolute Gasteiger partial charge is 0.383 e. The van der Waals surface area contributed by atoms with Crippen LogP contribution in [0.3, 0.4) is 0 Å². The highest BCUT2D eigenvalue weighted by molar-refractivity contribution is 6.16. The summed E-state index contributed by atoms with van der Waals surface area (Å²) in [6.45, 7) is 1.77. The summed E-state index contributed by atoms with van der Waals surface area (Å²) in [5.41, 5.74) is 9.34. The van der Waals surface area contributed by atoms with Gasteiger partial charge in [0.25, 0.3) is 5.91 Å². The van der Waals surface area contributed by atoms with Gasteiger partial charge in [0, 0.05) is 30.4 Å². The van der Waals surface area contributed by atoms with Crippen molar-refractivity contribution in [2.75, 3.05) is 35.6 Å². The average Bonchev–Trinajstić information content (AvgIpc) is 3.45. The molecule has 5 rings (SSSR count). The molecule has 1 unspecified atom stereocenters. The van der Waals surface area contributed by atoms with Gasteiger partial charge in [-0.1, -0.05) is 37.1 Å². The summed E-state index contributed by atoms with van der Waals surface area (Å²) in [7, 11) is 0. The van der Waals surface area contributed by atoms with Crippen molar-refractivity contribution in [2.45, 2.75) is 44.4 Å². The Morgan fingerprint density at radius 2 is 1.84 bits per heavy atom. The van der Waals surface area contributed by atoms with Crippen LogP contribution in [0.25, 0.3) is 0 Å². The molecule has 1 aliphatic heterocycles. The van der Waals surface area contributed by atoms with Crippen LogP contribution < -0.4 is 21.3 Å². The Labute approximate surface area is 221 Å². The van der Waals surface area contributed by atoms with Crippen LogP contribution in [0.4, 0.5) is 21.7 Å². The number of carbonyl (C=O) groups is 1. The van der Waals surface area contributed by atoms with Gasteiger partial charge in [0.15, 0.2) is 6.10 Å². The molecule has 2 fully saturated rings. The van der Waals surface area contributed by atoms with Crippen LogP contribution in [0.5, 0.6) is 0 Å². The molecule has 198 valence electrons. The van der Waals surface area contributed by atoms with Gasteiger partial charge in [-0.25, -0.2) is 14.4 Å². The fourth-order valence-electron chi connectivity index (χ4n) is 4.95. The van der Waals surface area contributed by atoms with Gasteiger partial charge in [-0.3, -0.25) is 10.2 Å². The molecule has 0 bridgehead atoms. The second-order valence-corrected chi connectivity index (χ2v) is 9.68. The summed E-state index contributed by atoms with van der Waals surface area (Å²) in [4.78, 5) is 23.3. The summed E-state index contributed by atoms with van der Waals surface area (Å²) in [6.07, 6.45) is 5.32. The topological polar surface area (TPSA) is 129 Å². The highest BCUT2D eigenvalue weighted by atomic mass is 19.1. The average molecular weight is 518 g/mol. The molecule has 5 N–H and O–H groups in total. The number of hydrogen-bond donors (Lipinski definition) is 4. The quantitative estimate of drug-likeness (QED) is 0.337.